The summed E-state index contributed by atoms with van der Waals surface area (Å²) in [6.45, 7) is 6.20. The van der Waals surface area contributed by atoms with Gasteiger partial charge in [0.25, 0.3) is 6.01 Å². The Morgan fingerprint density at radius 3 is 3.12 bits per heavy atom. The van der Waals surface area contributed by atoms with Gasteiger partial charge in [-0.15, -0.1) is 0 Å². The summed E-state index contributed by atoms with van der Waals surface area (Å²) in [6.07, 6.45) is 2.90. The molecule has 1 aliphatic rings. The monoisotopic (exact) mass is 238 g/mol. The third-order valence-electron chi connectivity index (χ3n) is 3.19. The molecule has 5 nitrogen and oxygen atoms in total. The number of hydrogen-bond donors (Lipinski definition) is 1. The molecule has 0 aromatic carbocycles. The first-order chi connectivity index (χ1) is 8.20. The quantitative estimate of drug-likeness (QED) is 0.848. The van der Waals surface area contributed by atoms with E-state index >= 15 is 0 Å². The summed E-state index contributed by atoms with van der Waals surface area (Å²) in [7, 11) is 4.08. The van der Waals surface area contributed by atoms with Crippen LogP contribution in [0.3, 0.4) is 0 Å². The van der Waals surface area contributed by atoms with E-state index in [2.05, 4.69) is 34.1 Å². The summed E-state index contributed by atoms with van der Waals surface area (Å²) in [5.41, 5.74) is 0.965. The summed E-state index contributed by atoms with van der Waals surface area (Å²) in [4.78, 5) is 9.15. The molecule has 1 fully saturated rings. The normalized spacial score (nSPS) is 22.8. The van der Waals surface area contributed by atoms with Gasteiger partial charge in [-0.2, -0.15) is 4.98 Å². The van der Waals surface area contributed by atoms with Crippen LogP contribution in [0.25, 0.3) is 0 Å². The van der Waals surface area contributed by atoms with Crippen LogP contribution < -0.4 is 10.2 Å². The van der Waals surface area contributed by atoms with Crippen molar-refractivity contribution >= 4 is 6.01 Å². The molecular formula is C12H22N4O. The number of likely N-dealkylation sites (N-methyl/N-ethyl adjacent to an activating group) is 1. The highest BCUT2D eigenvalue weighted by atomic mass is 16.4. The fraction of sp³-hybridized carbons (Fsp3) is 0.750. The first kappa shape index (κ1) is 12.4. The Kier molecular flexibility index (Phi) is 4.02. The van der Waals surface area contributed by atoms with E-state index in [4.69, 9.17) is 4.42 Å². The maximum Gasteiger partial charge on any atom is 0.297 e. The second-order valence-corrected chi connectivity index (χ2v) is 4.81. The molecule has 0 amide bonds. The molecule has 1 atom stereocenters. The molecule has 1 aromatic rings. The van der Waals surface area contributed by atoms with Crippen molar-refractivity contribution in [3.8, 4) is 0 Å². The van der Waals surface area contributed by atoms with E-state index < -0.39 is 0 Å². The highest BCUT2D eigenvalue weighted by molar-refractivity contribution is 5.29. The minimum Gasteiger partial charge on any atom is -0.432 e. The fourth-order valence-electron chi connectivity index (χ4n) is 2.35. The number of nitrogens with zero attached hydrogens (tertiary/aromatic N) is 3. The Labute approximate surface area is 103 Å². The van der Waals surface area contributed by atoms with Gasteiger partial charge >= 0.3 is 0 Å². The van der Waals surface area contributed by atoms with Crippen molar-refractivity contribution in [3.05, 3.63) is 12.0 Å². The summed E-state index contributed by atoms with van der Waals surface area (Å²) in [5.74, 6) is 0. The van der Waals surface area contributed by atoms with Gasteiger partial charge in [0, 0.05) is 25.7 Å². The Bertz CT molecular complexity index is 352. The molecule has 1 aromatic heterocycles. The molecule has 96 valence electrons. The van der Waals surface area contributed by atoms with Gasteiger partial charge in [0.05, 0.1) is 5.69 Å². The Balaban J connectivity index is 2.08. The van der Waals surface area contributed by atoms with Crippen LogP contribution in [0.15, 0.2) is 10.7 Å². The summed E-state index contributed by atoms with van der Waals surface area (Å²) in [5, 5.41) is 3.08. The molecule has 1 unspecified atom stereocenters. The molecule has 0 saturated carbocycles. The first-order valence-corrected chi connectivity index (χ1v) is 6.25. The standard InChI is InChI=1S/C12H22N4O/c1-10-8-15(3)5-4-6-16(10)12-14-11(7-13-2)9-17-12/h9-10,13H,4-8H2,1-3H3. The molecule has 0 aliphatic carbocycles. The van der Waals surface area contributed by atoms with Crippen molar-refractivity contribution in [2.75, 3.05) is 38.6 Å². The Morgan fingerprint density at radius 2 is 2.35 bits per heavy atom. The Morgan fingerprint density at radius 1 is 1.53 bits per heavy atom. The van der Waals surface area contributed by atoms with Crippen molar-refractivity contribution < 1.29 is 4.42 Å². The third kappa shape index (κ3) is 2.98. The van der Waals surface area contributed by atoms with Crippen molar-refractivity contribution in [2.45, 2.75) is 25.9 Å². The lowest BCUT2D eigenvalue weighted by molar-refractivity contribution is 0.335. The highest BCUT2D eigenvalue weighted by Gasteiger charge is 2.23. The third-order valence-corrected chi connectivity index (χ3v) is 3.19. The number of hydrogen-bond acceptors (Lipinski definition) is 5. The number of rotatable bonds is 3. The molecule has 1 aliphatic heterocycles. The van der Waals surface area contributed by atoms with Crippen LogP contribution >= 0.6 is 0 Å². The van der Waals surface area contributed by atoms with Crippen LogP contribution in [-0.4, -0.2) is 49.7 Å². The van der Waals surface area contributed by atoms with Crippen LogP contribution in [0.2, 0.25) is 0 Å². The van der Waals surface area contributed by atoms with Gasteiger partial charge in [-0.1, -0.05) is 0 Å². The molecule has 5 heteroatoms. The number of aromatic nitrogens is 1. The zero-order valence-electron chi connectivity index (χ0n) is 10.9. The number of oxazole rings is 1. The van der Waals surface area contributed by atoms with Crippen LogP contribution in [0.1, 0.15) is 19.0 Å². The van der Waals surface area contributed by atoms with E-state index in [1.807, 2.05) is 7.05 Å². The van der Waals surface area contributed by atoms with Gasteiger partial charge in [0.15, 0.2) is 0 Å². The summed E-state index contributed by atoms with van der Waals surface area (Å²) >= 11 is 0. The molecule has 1 N–H and O–H groups in total. The van der Waals surface area contributed by atoms with Crippen molar-refractivity contribution in [1.82, 2.24) is 15.2 Å². The fourth-order valence-corrected chi connectivity index (χ4v) is 2.35. The summed E-state index contributed by atoms with van der Waals surface area (Å²) in [6, 6.07) is 1.21. The van der Waals surface area contributed by atoms with Gasteiger partial charge in [0.2, 0.25) is 0 Å². The van der Waals surface area contributed by atoms with E-state index in [-0.39, 0.29) is 0 Å². The minimum absolute atomic E-state index is 0.448. The van der Waals surface area contributed by atoms with Gasteiger partial charge in [-0.25, -0.2) is 0 Å². The zero-order chi connectivity index (χ0) is 12.3. The lowest BCUT2D eigenvalue weighted by Gasteiger charge is -2.26. The summed E-state index contributed by atoms with van der Waals surface area (Å²) < 4.78 is 5.57. The maximum absolute atomic E-state index is 5.57. The number of nitrogens with one attached hydrogen (secondary N) is 1. The second kappa shape index (κ2) is 5.51. The van der Waals surface area contributed by atoms with Crippen LogP contribution in [0, 0.1) is 0 Å². The van der Waals surface area contributed by atoms with Crippen molar-refractivity contribution in [3.63, 3.8) is 0 Å². The SMILES string of the molecule is CNCc1coc(N2CCCN(C)CC2C)n1. The maximum atomic E-state index is 5.57. The lowest BCUT2D eigenvalue weighted by Crippen LogP contribution is -2.38. The average Bonchev–Trinajstić information content (AvgIpc) is 2.66. The van der Waals surface area contributed by atoms with E-state index in [1.165, 1.54) is 0 Å². The van der Waals surface area contributed by atoms with Crippen molar-refractivity contribution in [1.29, 1.82) is 0 Å². The Hall–Kier alpha value is -1.07. The lowest BCUT2D eigenvalue weighted by atomic mass is 10.3. The molecule has 2 heterocycles. The van der Waals surface area contributed by atoms with E-state index in [1.54, 1.807) is 6.26 Å². The van der Waals surface area contributed by atoms with Crippen LogP contribution in [-0.2, 0) is 6.54 Å². The van der Waals surface area contributed by atoms with E-state index in [0.29, 0.717) is 6.04 Å². The van der Waals surface area contributed by atoms with Gasteiger partial charge in [-0.05, 0) is 34.0 Å². The van der Waals surface area contributed by atoms with Crippen molar-refractivity contribution in [2.24, 2.45) is 0 Å². The van der Waals surface area contributed by atoms with E-state index in [0.717, 1.165) is 44.3 Å². The molecule has 0 bridgehead atoms. The molecule has 17 heavy (non-hydrogen) atoms. The predicted molar refractivity (Wildman–Crippen MR) is 68.2 cm³/mol. The predicted octanol–water partition coefficient (Wildman–Crippen LogP) is 0.924. The first-order valence-electron chi connectivity index (χ1n) is 6.25. The largest absolute Gasteiger partial charge is 0.432 e. The topological polar surface area (TPSA) is 44.5 Å². The minimum atomic E-state index is 0.448. The molecule has 1 saturated heterocycles. The molecule has 2 rings (SSSR count). The van der Waals surface area contributed by atoms with Gasteiger partial charge < -0.3 is 19.5 Å². The average molecular weight is 238 g/mol. The van der Waals surface area contributed by atoms with E-state index in [9.17, 15) is 0 Å². The zero-order valence-corrected chi connectivity index (χ0v) is 10.9. The number of anilines is 1. The second-order valence-electron chi connectivity index (χ2n) is 4.81. The molecule has 0 spiro atoms. The smallest absolute Gasteiger partial charge is 0.297 e. The molecular weight excluding hydrogens is 216 g/mol. The van der Waals surface area contributed by atoms with Gasteiger partial charge in [-0.3, -0.25) is 0 Å². The highest BCUT2D eigenvalue weighted by Crippen LogP contribution is 2.19. The molecule has 0 radical (unpaired) electrons. The van der Waals surface area contributed by atoms with Gasteiger partial charge in [0.1, 0.15) is 6.26 Å². The van der Waals surface area contributed by atoms with Crippen LogP contribution in [0.5, 0.6) is 0 Å². The van der Waals surface area contributed by atoms with Crippen LogP contribution in [0.4, 0.5) is 6.01 Å².